The largest absolute Gasteiger partial charge is 0.458 e. The average molecular weight is 711 g/mol. The highest BCUT2D eigenvalue weighted by Crippen LogP contribution is 2.69. The Morgan fingerprint density at radius 2 is 1.72 bits per heavy atom. The maximum absolute atomic E-state index is 13.2. The van der Waals surface area contributed by atoms with Crippen LogP contribution in [0.3, 0.4) is 0 Å². The number of hydrogen-bond donors (Lipinski definition) is 6. The zero-order valence-corrected chi connectivity index (χ0v) is 29.0. The summed E-state index contributed by atoms with van der Waals surface area (Å²) in [5.41, 5.74) is -1.41. The molecule has 0 aromatic rings. The second kappa shape index (κ2) is 13.7. The van der Waals surface area contributed by atoms with E-state index in [0.29, 0.717) is 32.1 Å². The van der Waals surface area contributed by atoms with Gasteiger partial charge >= 0.3 is 5.97 Å². The molecule has 0 spiro atoms. The van der Waals surface area contributed by atoms with Crippen LogP contribution in [-0.2, 0) is 38.0 Å². The Kier molecular flexibility index (Phi) is 10.1. The van der Waals surface area contributed by atoms with E-state index in [2.05, 4.69) is 6.92 Å². The molecule has 18 atom stereocenters. The fourth-order valence-electron chi connectivity index (χ4n) is 11.5. The van der Waals surface area contributed by atoms with Crippen molar-refractivity contribution in [1.29, 1.82) is 0 Å². The number of cyclic esters (lactones) is 1. The molecule has 14 heteroatoms. The van der Waals surface area contributed by atoms with Gasteiger partial charge in [0.15, 0.2) is 12.6 Å². The lowest BCUT2D eigenvalue weighted by atomic mass is 9.42. The maximum atomic E-state index is 13.2. The van der Waals surface area contributed by atoms with Crippen LogP contribution in [0.15, 0.2) is 11.6 Å². The van der Waals surface area contributed by atoms with Crippen molar-refractivity contribution in [1.82, 2.24) is 0 Å². The first kappa shape index (κ1) is 36.8. The Morgan fingerprint density at radius 3 is 2.40 bits per heavy atom. The number of aldehydes is 1. The number of aliphatic hydroxyl groups excluding tert-OH is 5. The lowest BCUT2D eigenvalue weighted by Crippen LogP contribution is -2.66. The molecule has 6 fully saturated rings. The third-order valence-corrected chi connectivity index (χ3v) is 14.2. The molecule has 0 amide bonds. The van der Waals surface area contributed by atoms with E-state index in [9.17, 15) is 40.2 Å². The zero-order chi connectivity index (χ0) is 35.7. The molecule has 7 aliphatic rings. The van der Waals surface area contributed by atoms with Crippen LogP contribution in [0.25, 0.3) is 0 Å². The van der Waals surface area contributed by atoms with Gasteiger partial charge in [0.2, 0.25) is 0 Å². The molecule has 3 aliphatic heterocycles. The van der Waals surface area contributed by atoms with Gasteiger partial charge < -0.3 is 63.9 Å². The van der Waals surface area contributed by atoms with Gasteiger partial charge in [0.05, 0.1) is 36.6 Å². The fourth-order valence-corrected chi connectivity index (χ4v) is 11.5. The van der Waals surface area contributed by atoms with Crippen LogP contribution < -0.4 is 0 Å². The Morgan fingerprint density at radius 1 is 0.940 bits per heavy atom. The van der Waals surface area contributed by atoms with Crippen LogP contribution in [0.5, 0.6) is 0 Å². The highest BCUT2D eigenvalue weighted by molar-refractivity contribution is 5.85. The molecule has 2 saturated heterocycles. The molecule has 3 heterocycles. The molecule has 7 rings (SSSR count). The standard InChI is InChI=1S/C36H54O14/c1-17-32(50-33-31(43)30(42)29(41)26(14-37)49-33)25(45-3)13-28(47-17)48-19-4-8-35(16-38)21-5-7-34(2)20(18-10-27(40)46-15-18)6-9-36(34,44)22(21)12-24(39)23(35)11-19/h10,16-17,19-26,28-33,37,39,41-44H,4-9,11-15H2,1-3H3. The summed E-state index contributed by atoms with van der Waals surface area (Å²) >= 11 is 0. The SMILES string of the molecule is COC1CC(OC2CCC3(C=O)C(C2)C(O)CC2C3CCC3(C)C(C4=CC(=O)OC4)CCC23O)OC(C)C1OC1OC(CO)C(O)C(O)C1O. The molecule has 6 N–H and O–H groups in total. The third-order valence-electron chi connectivity index (χ3n) is 14.2. The summed E-state index contributed by atoms with van der Waals surface area (Å²) < 4.78 is 35.3. The van der Waals surface area contributed by atoms with Crippen molar-refractivity contribution in [3.8, 4) is 0 Å². The zero-order valence-electron chi connectivity index (χ0n) is 29.0. The van der Waals surface area contributed by atoms with Crippen LogP contribution in [0.4, 0.5) is 0 Å². The predicted octanol–water partition coefficient (Wildman–Crippen LogP) is 0.113. The van der Waals surface area contributed by atoms with Crippen molar-refractivity contribution in [2.75, 3.05) is 20.3 Å². The number of aliphatic hydroxyl groups is 6. The van der Waals surface area contributed by atoms with E-state index < -0.39 is 84.4 Å². The van der Waals surface area contributed by atoms with Crippen LogP contribution in [0, 0.1) is 34.5 Å². The lowest BCUT2D eigenvalue weighted by Gasteiger charge is -2.64. The topological polar surface area (TPSA) is 211 Å². The summed E-state index contributed by atoms with van der Waals surface area (Å²) in [6.45, 7) is 3.56. The second-order valence-electron chi connectivity index (χ2n) is 16.3. The summed E-state index contributed by atoms with van der Waals surface area (Å²) in [6.07, 6.45) is -3.14. The highest BCUT2D eigenvalue weighted by atomic mass is 16.7. The molecule has 0 bridgehead atoms. The van der Waals surface area contributed by atoms with Gasteiger partial charge in [0, 0.05) is 30.4 Å². The average Bonchev–Trinajstić information content (AvgIpc) is 3.65. The van der Waals surface area contributed by atoms with Crippen LogP contribution in [-0.4, -0.2) is 136 Å². The van der Waals surface area contributed by atoms with E-state index in [-0.39, 0.29) is 48.8 Å². The normalized spacial score (nSPS) is 53.5. The number of ether oxygens (including phenoxy) is 6. The van der Waals surface area contributed by atoms with Crippen molar-refractivity contribution >= 4 is 12.3 Å². The lowest BCUT2D eigenvalue weighted by molar-refractivity contribution is -0.345. The number of methoxy groups -OCH3 is 1. The minimum atomic E-state index is -1.58. The summed E-state index contributed by atoms with van der Waals surface area (Å²) in [5, 5.41) is 64.7. The van der Waals surface area contributed by atoms with Gasteiger partial charge in [-0.05, 0) is 87.5 Å². The molecular weight excluding hydrogens is 656 g/mol. The van der Waals surface area contributed by atoms with Crippen molar-refractivity contribution in [2.24, 2.45) is 34.5 Å². The van der Waals surface area contributed by atoms with Gasteiger partial charge in [-0.2, -0.15) is 0 Å². The maximum Gasteiger partial charge on any atom is 0.331 e. The first-order valence-corrected chi connectivity index (χ1v) is 18.3. The number of fused-ring (bicyclic) bond motifs is 5. The van der Waals surface area contributed by atoms with Crippen molar-refractivity contribution in [3.63, 3.8) is 0 Å². The quantitative estimate of drug-likeness (QED) is 0.112. The number of esters is 1. The molecule has 0 aromatic carbocycles. The first-order valence-electron chi connectivity index (χ1n) is 18.3. The number of carbonyl (C=O) groups is 2. The highest BCUT2D eigenvalue weighted by Gasteiger charge is 2.70. The van der Waals surface area contributed by atoms with Gasteiger partial charge in [-0.1, -0.05) is 6.92 Å². The molecule has 0 radical (unpaired) electrons. The number of rotatable bonds is 8. The smallest absolute Gasteiger partial charge is 0.331 e. The summed E-state index contributed by atoms with van der Waals surface area (Å²) in [5.74, 6) is -0.984. The van der Waals surface area contributed by atoms with Crippen LogP contribution >= 0.6 is 0 Å². The van der Waals surface area contributed by atoms with E-state index >= 15 is 0 Å². The molecule has 50 heavy (non-hydrogen) atoms. The van der Waals surface area contributed by atoms with Crippen molar-refractivity contribution in [2.45, 2.75) is 145 Å². The second-order valence-corrected chi connectivity index (χ2v) is 16.3. The molecule has 0 aromatic heterocycles. The van der Waals surface area contributed by atoms with E-state index in [1.807, 2.05) is 0 Å². The molecule has 18 unspecified atom stereocenters. The fraction of sp³-hybridized carbons (Fsp3) is 0.889. The molecular formula is C36H54O14. The van der Waals surface area contributed by atoms with E-state index in [4.69, 9.17) is 28.4 Å². The van der Waals surface area contributed by atoms with Gasteiger partial charge in [-0.25, -0.2) is 4.79 Å². The van der Waals surface area contributed by atoms with Crippen molar-refractivity contribution in [3.05, 3.63) is 11.6 Å². The summed E-state index contributed by atoms with van der Waals surface area (Å²) in [7, 11) is 1.52. The van der Waals surface area contributed by atoms with E-state index in [1.54, 1.807) is 13.0 Å². The van der Waals surface area contributed by atoms with Crippen LogP contribution in [0.1, 0.15) is 71.6 Å². The molecule has 4 saturated carbocycles. The Labute approximate surface area is 292 Å². The van der Waals surface area contributed by atoms with Crippen LogP contribution in [0.2, 0.25) is 0 Å². The van der Waals surface area contributed by atoms with Gasteiger partial charge in [-0.3, -0.25) is 0 Å². The van der Waals surface area contributed by atoms with Gasteiger partial charge in [0.1, 0.15) is 43.4 Å². The van der Waals surface area contributed by atoms with E-state index in [1.165, 1.54) is 7.11 Å². The number of hydrogen-bond acceptors (Lipinski definition) is 14. The Balaban J connectivity index is 1.01. The van der Waals surface area contributed by atoms with Crippen molar-refractivity contribution < 1.29 is 68.6 Å². The molecule has 282 valence electrons. The summed E-state index contributed by atoms with van der Waals surface area (Å²) in [6, 6.07) is 0. The molecule has 14 nitrogen and oxygen atoms in total. The minimum absolute atomic E-state index is 0.0158. The molecule has 4 aliphatic carbocycles. The Hall–Kier alpha value is -1.56. The van der Waals surface area contributed by atoms with Gasteiger partial charge in [0.25, 0.3) is 0 Å². The monoisotopic (exact) mass is 710 g/mol. The first-order chi connectivity index (χ1) is 23.8. The van der Waals surface area contributed by atoms with Gasteiger partial charge in [-0.15, -0.1) is 0 Å². The summed E-state index contributed by atoms with van der Waals surface area (Å²) in [4.78, 5) is 25.1. The minimum Gasteiger partial charge on any atom is -0.458 e. The van der Waals surface area contributed by atoms with E-state index in [0.717, 1.165) is 31.1 Å². The number of carbonyl (C=O) groups excluding carboxylic acids is 2. The third kappa shape index (κ3) is 5.72. The Bertz CT molecular complexity index is 1310. The predicted molar refractivity (Wildman–Crippen MR) is 171 cm³/mol.